The first-order valence-electron chi connectivity index (χ1n) is 7.43. The normalized spacial score (nSPS) is 18.4. The van der Waals surface area contributed by atoms with E-state index in [2.05, 4.69) is 18.7 Å². The molecule has 0 amide bonds. The average Bonchev–Trinajstić information content (AvgIpc) is 2.50. The van der Waals surface area contributed by atoms with Crippen molar-refractivity contribution in [1.29, 1.82) is 0 Å². The van der Waals surface area contributed by atoms with Crippen LogP contribution >= 0.6 is 0 Å². The molecule has 0 aromatic heterocycles. The van der Waals surface area contributed by atoms with E-state index in [1.807, 2.05) is 0 Å². The summed E-state index contributed by atoms with van der Waals surface area (Å²) in [4.78, 5) is 24.7. The Morgan fingerprint density at radius 3 is 2.62 bits per heavy atom. The molecule has 5 heteroatoms. The van der Waals surface area contributed by atoms with Gasteiger partial charge >= 0.3 is 0 Å². The fourth-order valence-electron chi connectivity index (χ4n) is 2.69. The number of carbonyl (C=O) groups excluding carboxylic acids is 1. The Kier molecular flexibility index (Phi) is 4.73. The summed E-state index contributed by atoms with van der Waals surface area (Å²) in [6.07, 6.45) is 3.37. The number of non-ortho nitro benzene ring substituents is 1. The van der Waals surface area contributed by atoms with Crippen molar-refractivity contribution in [3.8, 4) is 0 Å². The second-order valence-corrected chi connectivity index (χ2v) is 6.17. The molecular formula is C16H22N2O3. The molecule has 0 saturated carbocycles. The molecule has 1 saturated heterocycles. The van der Waals surface area contributed by atoms with E-state index in [1.54, 1.807) is 12.1 Å². The zero-order valence-electron chi connectivity index (χ0n) is 12.7. The second kappa shape index (κ2) is 6.35. The van der Waals surface area contributed by atoms with Gasteiger partial charge in [-0.15, -0.1) is 0 Å². The fraction of sp³-hybridized carbons (Fsp3) is 0.562. The number of Topliss-reactive ketones (excluding diaryl/α,β-unsaturated/α-hetero) is 1. The molecule has 0 unspecified atom stereocenters. The minimum absolute atomic E-state index is 0.0296. The van der Waals surface area contributed by atoms with E-state index >= 15 is 0 Å². The number of benzene rings is 1. The van der Waals surface area contributed by atoms with Crippen LogP contribution in [0.5, 0.6) is 0 Å². The molecule has 1 aliphatic rings. The standard InChI is InChI=1S/C16H22N2O3/c1-3-16(2)7-9-17(10-8-16)12-15(19)13-5-4-6-14(11-13)18(20)21/h4-6,11H,3,7-10,12H2,1-2H3. The van der Waals surface area contributed by atoms with Gasteiger partial charge in [0.15, 0.2) is 5.78 Å². The van der Waals surface area contributed by atoms with E-state index in [1.165, 1.54) is 18.6 Å². The average molecular weight is 290 g/mol. The molecule has 0 atom stereocenters. The van der Waals surface area contributed by atoms with Crippen molar-refractivity contribution >= 4 is 11.5 Å². The number of nitro benzene ring substituents is 1. The summed E-state index contributed by atoms with van der Waals surface area (Å²) < 4.78 is 0. The maximum Gasteiger partial charge on any atom is 0.270 e. The summed E-state index contributed by atoms with van der Waals surface area (Å²) in [7, 11) is 0. The number of piperidine rings is 1. The zero-order chi connectivity index (χ0) is 15.5. The molecule has 0 bridgehead atoms. The van der Waals surface area contributed by atoms with Gasteiger partial charge in [-0.1, -0.05) is 32.4 Å². The van der Waals surface area contributed by atoms with E-state index in [9.17, 15) is 14.9 Å². The number of nitro groups is 1. The third kappa shape index (κ3) is 3.88. The first-order chi connectivity index (χ1) is 9.93. The number of likely N-dealkylation sites (tertiary alicyclic amines) is 1. The van der Waals surface area contributed by atoms with Crippen molar-refractivity contribution in [3.05, 3.63) is 39.9 Å². The van der Waals surface area contributed by atoms with E-state index in [-0.39, 0.29) is 11.5 Å². The molecule has 0 spiro atoms. The van der Waals surface area contributed by atoms with Crippen molar-refractivity contribution in [1.82, 2.24) is 4.90 Å². The summed E-state index contributed by atoms with van der Waals surface area (Å²) in [5.74, 6) is -0.0428. The Balaban J connectivity index is 1.96. The molecule has 1 aromatic carbocycles. The van der Waals surface area contributed by atoms with Crippen LogP contribution in [-0.4, -0.2) is 35.2 Å². The molecule has 1 aliphatic heterocycles. The summed E-state index contributed by atoms with van der Waals surface area (Å²) in [6, 6.07) is 5.98. The zero-order valence-corrected chi connectivity index (χ0v) is 12.7. The highest BCUT2D eigenvalue weighted by molar-refractivity contribution is 5.98. The lowest BCUT2D eigenvalue weighted by molar-refractivity contribution is -0.384. The first kappa shape index (κ1) is 15.6. The van der Waals surface area contributed by atoms with Gasteiger partial charge in [-0.05, 0) is 31.3 Å². The van der Waals surface area contributed by atoms with Gasteiger partial charge < -0.3 is 0 Å². The molecule has 1 fully saturated rings. The maximum atomic E-state index is 12.3. The van der Waals surface area contributed by atoms with E-state index in [0.29, 0.717) is 17.5 Å². The highest BCUT2D eigenvalue weighted by Crippen LogP contribution is 2.33. The largest absolute Gasteiger partial charge is 0.296 e. The second-order valence-electron chi connectivity index (χ2n) is 6.17. The molecule has 114 valence electrons. The van der Waals surface area contributed by atoms with Gasteiger partial charge in [0.25, 0.3) is 5.69 Å². The summed E-state index contributed by atoms with van der Waals surface area (Å²) in [5.41, 5.74) is 0.788. The molecular weight excluding hydrogens is 268 g/mol. The molecule has 0 N–H and O–H groups in total. The van der Waals surface area contributed by atoms with Crippen LogP contribution in [0.25, 0.3) is 0 Å². The topological polar surface area (TPSA) is 63.5 Å². The Hall–Kier alpha value is -1.75. The number of hydrogen-bond donors (Lipinski definition) is 0. The first-order valence-corrected chi connectivity index (χ1v) is 7.43. The van der Waals surface area contributed by atoms with Crippen LogP contribution in [0.15, 0.2) is 24.3 Å². The van der Waals surface area contributed by atoms with Gasteiger partial charge in [0.05, 0.1) is 11.5 Å². The minimum Gasteiger partial charge on any atom is -0.296 e. The van der Waals surface area contributed by atoms with Gasteiger partial charge in [-0.3, -0.25) is 19.8 Å². The Morgan fingerprint density at radius 2 is 2.05 bits per heavy atom. The molecule has 2 rings (SSSR count). The van der Waals surface area contributed by atoms with Crippen LogP contribution in [-0.2, 0) is 0 Å². The third-order valence-corrected chi connectivity index (χ3v) is 4.66. The Morgan fingerprint density at radius 1 is 1.38 bits per heavy atom. The Labute approximate surface area is 125 Å². The molecule has 21 heavy (non-hydrogen) atoms. The van der Waals surface area contributed by atoms with Gasteiger partial charge in [0.1, 0.15) is 0 Å². The lowest BCUT2D eigenvalue weighted by Crippen LogP contribution is -2.41. The van der Waals surface area contributed by atoms with Crippen LogP contribution in [0, 0.1) is 15.5 Å². The number of rotatable bonds is 5. The number of nitrogens with zero attached hydrogens (tertiary/aromatic N) is 2. The third-order valence-electron chi connectivity index (χ3n) is 4.66. The van der Waals surface area contributed by atoms with Crippen molar-refractivity contribution in [2.45, 2.75) is 33.1 Å². The van der Waals surface area contributed by atoms with Crippen molar-refractivity contribution in [3.63, 3.8) is 0 Å². The maximum absolute atomic E-state index is 12.3. The van der Waals surface area contributed by atoms with Gasteiger partial charge in [-0.2, -0.15) is 0 Å². The molecule has 1 heterocycles. The summed E-state index contributed by atoms with van der Waals surface area (Å²) in [5, 5.41) is 10.8. The number of ketones is 1. The molecule has 0 aliphatic carbocycles. The smallest absolute Gasteiger partial charge is 0.270 e. The summed E-state index contributed by atoms with van der Waals surface area (Å²) in [6.45, 7) is 6.70. The van der Waals surface area contributed by atoms with Crippen molar-refractivity contribution < 1.29 is 9.72 Å². The van der Waals surface area contributed by atoms with E-state index < -0.39 is 4.92 Å². The Bertz CT molecular complexity index is 534. The van der Waals surface area contributed by atoms with Crippen molar-refractivity contribution in [2.24, 2.45) is 5.41 Å². The monoisotopic (exact) mass is 290 g/mol. The minimum atomic E-state index is -0.468. The van der Waals surface area contributed by atoms with Crippen LogP contribution in [0.2, 0.25) is 0 Å². The highest BCUT2D eigenvalue weighted by atomic mass is 16.6. The van der Waals surface area contributed by atoms with Gasteiger partial charge in [0.2, 0.25) is 0 Å². The van der Waals surface area contributed by atoms with Crippen LogP contribution in [0.3, 0.4) is 0 Å². The van der Waals surface area contributed by atoms with Crippen LogP contribution in [0.1, 0.15) is 43.5 Å². The fourth-order valence-corrected chi connectivity index (χ4v) is 2.69. The molecule has 0 radical (unpaired) electrons. The highest BCUT2D eigenvalue weighted by Gasteiger charge is 2.29. The summed E-state index contributed by atoms with van der Waals surface area (Å²) >= 11 is 0. The lowest BCUT2D eigenvalue weighted by Gasteiger charge is -2.38. The SMILES string of the molecule is CCC1(C)CCN(CC(=O)c2cccc([N+](=O)[O-])c2)CC1. The van der Waals surface area contributed by atoms with E-state index in [0.717, 1.165) is 25.9 Å². The molecule has 5 nitrogen and oxygen atoms in total. The van der Waals surface area contributed by atoms with Gasteiger partial charge in [-0.25, -0.2) is 0 Å². The predicted octanol–water partition coefficient (Wildman–Crippen LogP) is 3.29. The number of hydrogen-bond acceptors (Lipinski definition) is 4. The molecule has 1 aromatic rings. The van der Waals surface area contributed by atoms with E-state index in [4.69, 9.17) is 0 Å². The number of carbonyl (C=O) groups is 1. The van der Waals surface area contributed by atoms with Gasteiger partial charge in [0, 0.05) is 17.7 Å². The quantitative estimate of drug-likeness (QED) is 0.474. The van der Waals surface area contributed by atoms with Crippen molar-refractivity contribution in [2.75, 3.05) is 19.6 Å². The predicted molar refractivity (Wildman–Crippen MR) is 81.5 cm³/mol. The van der Waals surface area contributed by atoms with Crippen LogP contribution < -0.4 is 0 Å². The lowest BCUT2D eigenvalue weighted by atomic mass is 9.78. The van der Waals surface area contributed by atoms with Crippen LogP contribution in [0.4, 0.5) is 5.69 Å².